The summed E-state index contributed by atoms with van der Waals surface area (Å²) in [6.45, 7) is 3.84. The number of aliphatic hydroxyl groups excluding tert-OH is 1. The first-order valence-electron chi connectivity index (χ1n) is 5.45. The maximum absolute atomic E-state index is 9.05. The molecule has 92 valence electrons. The van der Waals surface area contributed by atoms with E-state index in [4.69, 9.17) is 10.4 Å². The maximum Gasteiger partial charge on any atom is 0.0992 e. The Morgan fingerprint density at radius 3 is 2.82 bits per heavy atom. The van der Waals surface area contributed by atoms with Crippen LogP contribution >= 0.6 is 15.9 Å². The molecule has 0 radical (unpaired) electrons. The quantitative estimate of drug-likeness (QED) is 0.699. The van der Waals surface area contributed by atoms with Gasteiger partial charge in [0.05, 0.1) is 17.7 Å². The lowest BCUT2D eigenvalue weighted by molar-refractivity contribution is 0.192. The van der Waals surface area contributed by atoms with E-state index in [1.165, 1.54) is 0 Å². The molecule has 0 saturated carbocycles. The van der Waals surface area contributed by atoms with Crippen molar-refractivity contribution in [2.45, 2.75) is 13.0 Å². The molecule has 4 nitrogen and oxygen atoms in total. The van der Waals surface area contributed by atoms with Gasteiger partial charge in [0.2, 0.25) is 0 Å². The van der Waals surface area contributed by atoms with Crippen molar-refractivity contribution in [1.29, 1.82) is 5.26 Å². The number of nitrogens with zero attached hydrogens (tertiary/aromatic N) is 1. The van der Waals surface area contributed by atoms with Gasteiger partial charge >= 0.3 is 0 Å². The smallest absolute Gasteiger partial charge is 0.0992 e. The predicted octanol–water partition coefficient (Wildman–Crippen LogP) is 1.70. The highest BCUT2D eigenvalue weighted by Crippen LogP contribution is 2.18. The van der Waals surface area contributed by atoms with Gasteiger partial charge in [-0.1, -0.05) is 15.9 Å². The Labute approximate surface area is 110 Å². The molecule has 0 bridgehead atoms. The molecule has 0 amide bonds. The van der Waals surface area contributed by atoms with Crippen molar-refractivity contribution in [2.24, 2.45) is 0 Å². The molecule has 5 heteroatoms. The fourth-order valence-electron chi connectivity index (χ4n) is 1.36. The Bertz CT molecular complexity index is 401. The van der Waals surface area contributed by atoms with Crippen molar-refractivity contribution in [1.82, 2.24) is 5.32 Å². The standard InChI is InChI=1S/C12H16BrN3O/c1-9(17)8-15-2-3-16-12-5-10(7-14)4-11(13)6-12/h4-6,9,15-17H,2-3,8H2,1H3. The monoisotopic (exact) mass is 297 g/mol. The number of hydrogen-bond acceptors (Lipinski definition) is 4. The van der Waals surface area contributed by atoms with Crippen LogP contribution in [0.3, 0.4) is 0 Å². The molecule has 0 saturated heterocycles. The zero-order valence-electron chi connectivity index (χ0n) is 9.70. The van der Waals surface area contributed by atoms with Crippen LogP contribution < -0.4 is 10.6 Å². The van der Waals surface area contributed by atoms with Crippen molar-refractivity contribution < 1.29 is 5.11 Å². The van der Waals surface area contributed by atoms with E-state index >= 15 is 0 Å². The topological polar surface area (TPSA) is 68.1 Å². The average Bonchev–Trinajstić information content (AvgIpc) is 2.27. The molecule has 0 spiro atoms. The summed E-state index contributed by atoms with van der Waals surface area (Å²) in [5.74, 6) is 0. The number of benzene rings is 1. The van der Waals surface area contributed by atoms with Gasteiger partial charge in [0.15, 0.2) is 0 Å². The molecule has 1 rings (SSSR count). The molecule has 0 heterocycles. The lowest BCUT2D eigenvalue weighted by Crippen LogP contribution is -2.28. The molecule has 0 aliphatic carbocycles. The maximum atomic E-state index is 9.05. The molecular formula is C12H16BrN3O. The van der Waals surface area contributed by atoms with E-state index in [9.17, 15) is 0 Å². The van der Waals surface area contributed by atoms with Crippen LogP contribution in [0.2, 0.25) is 0 Å². The van der Waals surface area contributed by atoms with Gasteiger partial charge in [0.1, 0.15) is 0 Å². The van der Waals surface area contributed by atoms with Gasteiger partial charge in [-0.2, -0.15) is 5.26 Å². The summed E-state index contributed by atoms with van der Waals surface area (Å²) in [6.07, 6.45) is -0.328. The largest absolute Gasteiger partial charge is 0.392 e. The summed E-state index contributed by atoms with van der Waals surface area (Å²) in [4.78, 5) is 0. The summed E-state index contributed by atoms with van der Waals surface area (Å²) < 4.78 is 0.885. The van der Waals surface area contributed by atoms with E-state index in [1.54, 1.807) is 19.1 Å². The first-order valence-corrected chi connectivity index (χ1v) is 6.24. The van der Waals surface area contributed by atoms with Crippen molar-refractivity contribution >= 4 is 21.6 Å². The van der Waals surface area contributed by atoms with Crippen molar-refractivity contribution in [3.63, 3.8) is 0 Å². The molecule has 0 fully saturated rings. The second-order valence-corrected chi connectivity index (χ2v) is 4.74. The van der Waals surface area contributed by atoms with Crippen LogP contribution in [0.5, 0.6) is 0 Å². The average molecular weight is 298 g/mol. The molecule has 0 aliphatic heterocycles. The van der Waals surface area contributed by atoms with Gasteiger partial charge in [0.25, 0.3) is 0 Å². The first kappa shape index (κ1) is 14.0. The van der Waals surface area contributed by atoms with E-state index in [-0.39, 0.29) is 6.10 Å². The number of nitrogens with one attached hydrogen (secondary N) is 2. The Morgan fingerprint density at radius 2 is 2.18 bits per heavy atom. The third kappa shape index (κ3) is 5.68. The molecule has 3 N–H and O–H groups in total. The third-order valence-corrected chi connectivity index (χ3v) is 2.56. The number of aliphatic hydroxyl groups is 1. The molecular weight excluding hydrogens is 282 g/mol. The van der Waals surface area contributed by atoms with Crippen LogP contribution in [-0.4, -0.2) is 30.8 Å². The highest BCUT2D eigenvalue weighted by molar-refractivity contribution is 9.10. The van der Waals surface area contributed by atoms with E-state index in [2.05, 4.69) is 32.6 Å². The van der Waals surface area contributed by atoms with E-state index in [0.717, 1.165) is 23.2 Å². The summed E-state index contributed by atoms with van der Waals surface area (Å²) in [5.41, 5.74) is 1.54. The highest BCUT2D eigenvalue weighted by atomic mass is 79.9. The van der Waals surface area contributed by atoms with E-state index < -0.39 is 0 Å². The highest BCUT2D eigenvalue weighted by Gasteiger charge is 1.98. The van der Waals surface area contributed by atoms with Crippen LogP contribution in [0.4, 0.5) is 5.69 Å². The van der Waals surface area contributed by atoms with Gasteiger partial charge in [-0.15, -0.1) is 0 Å². The summed E-state index contributed by atoms with van der Waals surface area (Å²) in [5, 5.41) is 24.2. The summed E-state index contributed by atoms with van der Waals surface area (Å²) >= 11 is 3.36. The molecule has 1 unspecified atom stereocenters. The van der Waals surface area contributed by atoms with Gasteiger partial charge in [0, 0.05) is 29.8 Å². The Morgan fingerprint density at radius 1 is 1.41 bits per heavy atom. The zero-order chi connectivity index (χ0) is 12.7. The van der Waals surface area contributed by atoms with E-state index in [1.807, 2.05) is 6.07 Å². The minimum absolute atomic E-state index is 0.328. The first-order chi connectivity index (χ1) is 8.11. The fraction of sp³-hybridized carbons (Fsp3) is 0.417. The molecule has 1 aromatic carbocycles. The van der Waals surface area contributed by atoms with Gasteiger partial charge in [-0.25, -0.2) is 0 Å². The predicted molar refractivity (Wildman–Crippen MR) is 71.9 cm³/mol. The second-order valence-electron chi connectivity index (χ2n) is 3.82. The number of anilines is 1. The van der Waals surface area contributed by atoms with Crippen LogP contribution in [0.25, 0.3) is 0 Å². The molecule has 1 atom stereocenters. The van der Waals surface area contributed by atoms with Gasteiger partial charge < -0.3 is 15.7 Å². The fourth-order valence-corrected chi connectivity index (χ4v) is 1.86. The van der Waals surface area contributed by atoms with Crippen molar-refractivity contribution in [3.05, 3.63) is 28.2 Å². The SMILES string of the molecule is CC(O)CNCCNc1cc(Br)cc(C#N)c1. The summed E-state index contributed by atoms with van der Waals surface area (Å²) in [7, 11) is 0. The second kappa shape index (κ2) is 7.28. The number of rotatable bonds is 6. The molecule has 0 aromatic heterocycles. The number of hydrogen-bond donors (Lipinski definition) is 3. The lowest BCUT2D eigenvalue weighted by atomic mass is 10.2. The third-order valence-electron chi connectivity index (χ3n) is 2.10. The van der Waals surface area contributed by atoms with Crippen LogP contribution in [0, 0.1) is 11.3 Å². The Hall–Kier alpha value is -1.09. The molecule has 17 heavy (non-hydrogen) atoms. The van der Waals surface area contributed by atoms with Crippen LogP contribution in [0.1, 0.15) is 12.5 Å². The normalized spacial score (nSPS) is 11.9. The lowest BCUT2D eigenvalue weighted by Gasteiger charge is -2.09. The number of nitriles is 1. The zero-order valence-corrected chi connectivity index (χ0v) is 11.3. The minimum Gasteiger partial charge on any atom is -0.392 e. The van der Waals surface area contributed by atoms with Crippen LogP contribution in [0.15, 0.2) is 22.7 Å². The van der Waals surface area contributed by atoms with Gasteiger partial charge in [-0.05, 0) is 25.1 Å². The molecule has 0 aliphatic rings. The Balaban J connectivity index is 2.37. The Kier molecular flexibility index (Phi) is 5.98. The molecule has 1 aromatic rings. The summed E-state index contributed by atoms with van der Waals surface area (Å²) in [6, 6.07) is 7.61. The van der Waals surface area contributed by atoms with Crippen LogP contribution in [-0.2, 0) is 0 Å². The van der Waals surface area contributed by atoms with Gasteiger partial charge in [-0.3, -0.25) is 0 Å². The van der Waals surface area contributed by atoms with E-state index in [0.29, 0.717) is 12.1 Å². The van der Waals surface area contributed by atoms with Crippen molar-refractivity contribution in [2.75, 3.05) is 25.0 Å². The number of halogens is 1. The van der Waals surface area contributed by atoms with Crippen molar-refractivity contribution in [3.8, 4) is 6.07 Å². The minimum atomic E-state index is -0.328.